The molecule has 0 aromatic heterocycles. The first-order valence-electron chi connectivity index (χ1n) is 8.64. The molecule has 0 rings (SSSR count). The van der Waals surface area contributed by atoms with Gasteiger partial charge >= 0.3 is 17.9 Å². The van der Waals surface area contributed by atoms with E-state index in [1.54, 1.807) is 13.8 Å². The highest BCUT2D eigenvalue weighted by Gasteiger charge is 2.29. The van der Waals surface area contributed by atoms with Crippen molar-refractivity contribution < 1.29 is 44.1 Å². The number of carbonyl (C=O) groups is 6. The number of carboxylic acid groups (broad SMARTS) is 3. The number of nitrogens with one attached hydrogen (secondary N) is 3. The van der Waals surface area contributed by atoms with Gasteiger partial charge in [-0.3, -0.25) is 24.0 Å². The van der Waals surface area contributed by atoms with Gasteiger partial charge in [0.05, 0.1) is 19.0 Å². The molecule has 13 nitrogen and oxygen atoms in total. The van der Waals surface area contributed by atoms with E-state index in [-0.39, 0.29) is 18.3 Å². The minimum absolute atomic E-state index is 0. The summed E-state index contributed by atoms with van der Waals surface area (Å²) in [5.41, 5.74) is 5.61. The maximum absolute atomic E-state index is 12.2. The average Bonchev–Trinajstić information content (AvgIpc) is 2.60. The van der Waals surface area contributed by atoms with Gasteiger partial charge < -0.3 is 37.0 Å². The largest absolute Gasteiger partial charge is 0.481 e. The third-order valence-corrected chi connectivity index (χ3v) is 3.74. The molecule has 8 N–H and O–H groups in total. The number of carbonyl (C=O) groups excluding carboxylic acids is 3. The van der Waals surface area contributed by atoms with Crippen LogP contribution in [0.4, 0.5) is 0 Å². The molecule has 0 saturated carbocycles. The molecule has 0 aliphatic carbocycles. The van der Waals surface area contributed by atoms with Crippen LogP contribution in [0.1, 0.15) is 33.1 Å². The molecule has 3 amide bonds. The average molecular weight is 455 g/mol. The van der Waals surface area contributed by atoms with Crippen LogP contribution >= 0.6 is 12.4 Å². The van der Waals surface area contributed by atoms with Crippen LogP contribution in [0.5, 0.6) is 0 Å². The lowest BCUT2D eigenvalue weighted by Gasteiger charge is -2.20. The van der Waals surface area contributed by atoms with Gasteiger partial charge in [-0.1, -0.05) is 13.8 Å². The van der Waals surface area contributed by atoms with Gasteiger partial charge in [-0.25, -0.2) is 4.79 Å². The Hall–Kier alpha value is -2.93. The smallest absolute Gasteiger partial charge is 0.326 e. The van der Waals surface area contributed by atoms with Crippen LogP contribution in [0.15, 0.2) is 0 Å². The fourth-order valence-corrected chi connectivity index (χ4v) is 2.01. The van der Waals surface area contributed by atoms with Crippen LogP contribution in [0, 0.1) is 5.92 Å². The van der Waals surface area contributed by atoms with E-state index in [1.807, 2.05) is 5.32 Å². The topological polar surface area (TPSA) is 225 Å². The first-order chi connectivity index (χ1) is 13.3. The van der Waals surface area contributed by atoms with Gasteiger partial charge in [0.25, 0.3) is 0 Å². The molecule has 3 atom stereocenters. The Bertz CT molecular complexity index is 657. The van der Waals surface area contributed by atoms with Crippen molar-refractivity contribution in [2.75, 3.05) is 6.54 Å². The van der Waals surface area contributed by atoms with E-state index in [1.165, 1.54) is 0 Å². The summed E-state index contributed by atoms with van der Waals surface area (Å²) in [5, 5.41) is 32.9. The summed E-state index contributed by atoms with van der Waals surface area (Å²) in [6, 6.07) is -4.09. The summed E-state index contributed by atoms with van der Waals surface area (Å²) in [7, 11) is 0. The van der Waals surface area contributed by atoms with E-state index in [0.29, 0.717) is 0 Å². The van der Waals surface area contributed by atoms with E-state index in [9.17, 15) is 28.8 Å². The number of halogens is 1. The summed E-state index contributed by atoms with van der Waals surface area (Å²) >= 11 is 0. The summed E-state index contributed by atoms with van der Waals surface area (Å²) in [5.74, 6) is -7.08. The van der Waals surface area contributed by atoms with Crippen molar-refractivity contribution in [3.63, 3.8) is 0 Å². The van der Waals surface area contributed by atoms with E-state index in [2.05, 4.69) is 10.6 Å². The number of amides is 3. The monoisotopic (exact) mass is 454 g/mol. The molecule has 0 heterocycles. The second kappa shape index (κ2) is 14.1. The zero-order valence-electron chi connectivity index (χ0n) is 16.4. The Kier molecular flexibility index (Phi) is 13.8. The van der Waals surface area contributed by atoms with Gasteiger partial charge in [-0.15, -0.1) is 12.4 Å². The van der Waals surface area contributed by atoms with Crippen LogP contribution in [0.2, 0.25) is 0 Å². The number of aliphatic carboxylic acids is 3. The fourth-order valence-electron chi connectivity index (χ4n) is 2.01. The van der Waals surface area contributed by atoms with Crippen molar-refractivity contribution in [2.45, 2.75) is 51.2 Å². The van der Waals surface area contributed by atoms with Gasteiger partial charge in [0.1, 0.15) is 12.1 Å². The van der Waals surface area contributed by atoms with Gasteiger partial charge in [0.2, 0.25) is 17.7 Å². The molecule has 0 aliphatic heterocycles. The second-order valence-electron chi connectivity index (χ2n) is 6.54. The minimum atomic E-state index is -1.64. The van der Waals surface area contributed by atoms with Crippen molar-refractivity contribution in [3.8, 4) is 0 Å². The van der Waals surface area contributed by atoms with Gasteiger partial charge in [0, 0.05) is 6.42 Å². The highest BCUT2D eigenvalue weighted by atomic mass is 35.5. The Morgan fingerprint density at radius 3 is 1.87 bits per heavy atom. The SMILES string of the molecule is CC(C)[C@H](N)C(=O)NCC(=O)N[C@@H](CC(=O)O)C(=O)N[C@@H](CCC(=O)O)C(=O)O.Cl. The Morgan fingerprint density at radius 2 is 1.43 bits per heavy atom. The maximum Gasteiger partial charge on any atom is 0.326 e. The van der Waals surface area contributed by atoms with Crippen molar-refractivity contribution in [3.05, 3.63) is 0 Å². The van der Waals surface area contributed by atoms with Crippen LogP contribution in [-0.2, 0) is 28.8 Å². The molecule has 0 radical (unpaired) electrons. The van der Waals surface area contributed by atoms with Gasteiger partial charge in [-0.2, -0.15) is 0 Å². The molecule has 0 fully saturated rings. The van der Waals surface area contributed by atoms with E-state index < -0.39 is 79.6 Å². The molecule has 0 aliphatic rings. The quantitative estimate of drug-likeness (QED) is 0.160. The van der Waals surface area contributed by atoms with E-state index in [4.69, 9.17) is 21.1 Å². The van der Waals surface area contributed by atoms with Crippen LogP contribution in [0.3, 0.4) is 0 Å². The Balaban J connectivity index is 0. The number of rotatable bonds is 13. The maximum atomic E-state index is 12.2. The van der Waals surface area contributed by atoms with Crippen LogP contribution in [0.25, 0.3) is 0 Å². The molecule has 14 heteroatoms. The molecule has 0 aromatic rings. The summed E-state index contributed by atoms with van der Waals surface area (Å²) < 4.78 is 0. The highest BCUT2D eigenvalue weighted by molar-refractivity contribution is 5.94. The highest BCUT2D eigenvalue weighted by Crippen LogP contribution is 2.01. The molecule has 0 saturated heterocycles. The Labute approximate surface area is 178 Å². The molecule has 30 heavy (non-hydrogen) atoms. The van der Waals surface area contributed by atoms with Crippen molar-refractivity contribution in [1.82, 2.24) is 16.0 Å². The summed E-state index contributed by atoms with van der Waals surface area (Å²) in [6.45, 7) is 2.81. The van der Waals surface area contributed by atoms with Crippen LogP contribution < -0.4 is 21.7 Å². The zero-order valence-corrected chi connectivity index (χ0v) is 17.2. The third kappa shape index (κ3) is 11.8. The lowest BCUT2D eigenvalue weighted by atomic mass is 10.1. The first-order valence-corrected chi connectivity index (χ1v) is 8.64. The minimum Gasteiger partial charge on any atom is -0.481 e. The Morgan fingerprint density at radius 1 is 0.867 bits per heavy atom. The van der Waals surface area contributed by atoms with Gasteiger partial charge in [-0.05, 0) is 12.3 Å². The van der Waals surface area contributed by atoms with E-state index >= 15 is 0 Å². The van der Waals surface area contributed by atoms with E-state index in [0.717, 1.165) is 0 Å². The second-order valence-corrected chi connectivity index (χ2v) is 6.54. The molecule has 0 spiro atoms. The molecular weight excluding hydrogens is 428 g/mol. The number of hydrogen-bond donors (Lipinski definition) is 7. The zero-order chi connectivity index (χ0) is 22.7. The molecule has 0 unspecified atom stereocenters. The van der Waals surface area contributed by atoms with Crippen molar-refractivity contribution in [1.29, 1.82) is 0 Å². The first kappa shape index (κ1) is 29.3. The number of carboxylic acids is 3. The third-order valence-electron chi connectivity index (χ3n) is 3.74. The van der Waals surface area contributed by atoms with Crippen molar-refractivity contribution in [2.24, 2.45) is 11.7 Å². The van der Waals surface area contributed by atoms with Gasteiger partial charge in [0.15, 0.2) is 0 Å². The molecular formula is C16H27ClN4O9. The molecule has 172 valence electrons. The predicted octanol–water partition coefficient (Wildman–Crippen LogP) is -2.10. The standard InChI is InChI=1S/C16H26N4O9.ClH/c1-7(2)13(17)15(27)18-6-10(21)19-9(5-12(24)25)14(26)20-8(16(28)29)3-4-11(22)23;/h7-9,13H,3-6,17H2,1-2H3,(H,18,27)(H,19,21)(H,20,26)(H,22,23)(H,24,25)(H,28,29);1H/t8-,9-,13-;/m0./s1. The predicted molar refractivity (Wildman–Crippen MR) is 104 cm³/mol. The van der Waals surface area contributed by atoms with Crippen molar-refractivity contribution >= 4 is 48.0 Å². The summed E-state index contributed by atoms with van der Waals surface area (Å²) in [6.07, 6.45) is -1.84. The fraction of sp³-hybridized carbons (Fsp3) is 0.625. The summed E-state index contributed by atoms with van der Waals surface area (Å²) in [4.78, 5) is 68.5. The molecule has 0 bridgehead atoms. The van der Waals surface area contributed by atoms with Crippen LogP contribution in [-0.4, -0.2) is 75.6 Å². The lowest BCUT2D eigenvalue weighted by molar-refractivity contribution is -0.144. The normalized spacial score (nSPS) is 13.2. The molecule has 0 aromatic carbocycles. The lowest BCUT2D eigenvalue weighted by Crippen LogP contribution is -2.54. The number of hydrogen-bond acceptors (Lipinski definition) is 7. The number of nitrogens with two attached hydrogens (primary N) is 1.